The van der Waals surface area contributed by atoms with Crippen LogP contribution >= 0.6 is 0 Å². The van der Waals surface area contributed by atoms with Crippen molar-refractivity contribution < 1.29 is 9.13 Å². The Bertz CT molecular complexity index is 1110. The van der Waals surface area contributed by atoms with Crippen LogP contribution in [0.15, 0.2) is 24.5 Å². The second-order valence-electron chi connectivity index (χ2n) is 6.63. The number of nitrogen functional groups attached to an aromatic ring is 1. The van der Waals surface area contributed by atoms with Crippen LogP contribution in [-0.4, -0.2) is 28.6 Å². The SMILES string of the molecule is CCN(c1ncnc(N)c1C#N)c1nc2ccc(F)cc2c(OC)c1C1CC1. The quantitative estimate of drug-likeness (QED) is 0.723. The number of rotatable bonds is 5. The van der Waals surface area contributed by atoms with Crippen molar-refractivity contribution in [2.24, 2.45) is 0 Å². The third-order valence-corrected chi connectivity index (χ3v) is 4.90. The van der Waals surface area contributed by atoms with Gasteiger partial charge in [0.25, 0.3) is 0 Å². The van der Waals surface area contributed by atoms with Crippen molar-refractivity contribution in [1.29, 1.82) is 5.26 Å². The maximum Gasteiger partial charge on any atom is 0.157 e. The molecule has 0 aliphatic heterocycles. The van der Waals surface area contributed by atoms with Gasteiger partial charge in [0.15, 0.2) is 5.82 Å². The molecule has 0 atom stereocenters. The van der Waals surface area contributed by atoms with E-state index in [2.05, 4.69) is 16.0 Å². The summed E-state index contributed by atoms with van der Waals surface area (Å²) < 4.78 is 19.6. The molecule has 8 heteroatoms. The maximum absolute atomic E-state index is 13.9. The van der Waals surface area contributed by atoms with E-state index in [4.69, 9.17) is 15.5 Å². The lowest BCUT2D eigenvalue weighted by Gasteiger charge is -2.26. The summed E-state index contributed by atoms with van der Waals surface area (Å²) in [5.74, 6) is 1.70. The van der Waals surface area contributed by atoms with Gasteiger partial charge in [-0.3, -0.25) is 0 Å². The van der Waals surface area contributed by atoms with Gasteiger partial charge in [-0.15, -0.1) is 0 Å². The van der Waals surface area contributed by atoms with Crippen molar-refractivity contribution >= 4 is 28.4 Å². The van der Waals surface area contributed by atoms with Gasteiger partial charge in [0.05, 0.1) is 12.6 Å². The minimum atomic E-state index is -0.343. The third-order valence-electron chi connectivity index (χ3n) is 4.90. The standard InChI is InChI=1S/C20H19FN6O/c1-3-27(19-14(9-22)18(23)24-10-25-19)20-16(11-4-5-11)17(28-2)13-8-12(21)6-7-15(13)26-20/h6-8,10-11H,3-5H2,1-2H3,(H2,23,24,25). The minimum absolute atomic E-state index is 0.119. The zero-order valence-electron chi connectivity index (χ0n) is 15.6. The molecule has 0 bridgehead atoms. The summed E-state index contributed by atoms with van der Waals surface area (Å²) in [5.41, 5.74) is 7.60. The molecule has 142 valence electrons. The molecule has 1 aliphatic carbocycles. The number of methoxy groups -OCH3 is 1. The zero-order valence-corrected chi connectivity index (χ0v) is 15.6. The van der Waals surface area contributed by atoms with E-state index < -0.39 is 0 Å². The molecule has 1 aromatic carbocycles. The summed E-state index contributed by atoms with van der Waals surface area (Å²) in [4.78, 5) is 14.9. The van der Waals surface area contributed by atoms with Gasteiger partial charge in [0, 0.05) is 17.5 Å². The molecule has 0 spiro atoms. The lowest BCUT2D eigenvalue weighted by atomic mass is 10.0. The number of benzene rings is 1. The minimum Gasteiger partial charge on any atom is -0.496 e. The van der Waals surface area contributed by atoms with Crippen LogP contribution < -0.4 is 15.4 Å². The Morgan fingerprint density at radius 2 is 2.11 bits per heavy atom. The highest BCUT2D eigenvalue weighted by molar-refractivity contribution is 5.91. The van der Waals surface area contributed by atoms with Crippen LogP contribution in [-0.2, 0) is 0 Å². The van der Waals surface area contributed by atoms with Crippen LogP contribution in [0.2, 0.25) is 0 Å². The molecule has 4 rings (SSSR count). The highest BCUT2D eigenvalue weighted by Gasteiger charge is 2.34. The Hall–Kier alpha value is -3.47. The molecule has 0 unspecified atom stereocenters. The average Bonchev–Trinajstić information content (AvgIpc) is 3.53. The van der Waals surface area contributed by atoms with Gasteiger partial charge >= 0.3 is 0 Å². The number of nitrogens with two attached hydrogens (primary N) is 1. The molecular formula is C20H19FN6O. The Labute approximate surface area is 161 Å². The first-order valence-corrected chi connectivity index (χ1v) is 9.04. The van der Waals surface area contributed by atoms with E-state index in [9.17, 15) is 9.65 Å². The fraction of sp³-hybridized carbons (Fsp3) is 0.300. The molecule has 1 aliphatic rings. The molecule has 0 saturated heterocycles. The topological polar surface area (TPSA) is 101 Å². The second-order valence-corrected chi connectivity index (χ2v) is 6.63. The monoisotopic (exact) mass is 378 g/mol. The molecule has 7 nitrogen and oxygen atoms in total. The van der Waals surface area contributed by atoms with Gasteiger partial charge < -0.3 is 15.4 Å². The van der Waals surface area contributed by atoms with Crippen LogP contribution in [0.4, 0.5) is 21.8 Å². The van der Waals surface area contributed by atoms with Crippen LogP contribution in [0.3, 0.4) is 0 Å². The van der Waals surface area contributed by atoms with Gasteiger partial charge in [-0.05, 0) is 43.9 Å². The van der Waals surface area contributed by atoms with Crippen molar-refractivity contribution in [3.63, 3.8) is 0 Å². The highest BCUT2D eigenvalue weighted by Crippen LogP contribution is 2.51. The molecular weight excluding hydrogens is 359 g/mol. The maximum atomic E-state index is 13.9. The van der Waals surface area contributed by atoms with Gasteiger partial charge in [-0.1, -0.05) is 0 Å². The van der Waals surface area contributed by atoms with Crippen molar-refractivity contribution in [2.75, 3.05) is 24.3 Å². The van der Waals surface area contributed by atoms with E-state index in [1.165, 1.54) is 18.5 Å². The Balaban J connectivity index is 2.02. The molecule has 2 aromatic heterocycles. The Morgan fingerprint density at radius 1 is 1.32 bits per heavy atom. The summed E-state index contributed by atoms with van der Waals surface area (Å²) in [6.45, 7) is 2.45. The molecule has 3 aromatic rings. The third kappa shape index (κ3) is 2.85. The number of hydrogen-bond acceptors (Lipinski definition) is 7. The van der Waals surface area contributed by atoms with E-state index in [0.717, 1.165) is 18.4 Å². The van der Waals surface area contributed by atoms with E-state index in [1.807, 2.05) is 11.8 Å². The van der Waals surface area contributed by atoms with E-state index >= 15 is 0 Å². The number of fused-ring (bicyclic) bond motifs is 1. The summed E-state index contributed by atoms with van der Waals surface area (Å²) in [6, 6.07) is 6.52. The summed E-state index contributed by atoms with van der Waals surface area (Å²) in [5, 5.41) is 10.2. The summed E-state index contributed by atoms with van der Waals surface area (Å²) in [6.07, 6.45) is 3.33. The first-order valence-electron chi connectivity index (χ1n) is 9.04. The highest BCUT2D eigenvalue weighted by atomic mass is 19.1. The Morgan fingerprint density at radius 3 is 2.75 bits per heavy atom. The smallest absolute Gasteiger partial charge is 0.157 e. The van der Waals surface area contributed by atoms with Crippen molar-refractivity contribution in [2.45, 2.75) is 25.7 Å². The van der Waals surface area contributed by atoms with Gasteiger partial charge in [0.1, 0.15) is 41.2 Å². The van der Waals surface area contributed by atoms with Crippen LogP contribution in [0, 0.1) is 17.1 Å². The number of ether oxygens (including phenoxy) is 1. The first-order chi connectivity index (χ1) is 13.6. The predicted octanol–water partition coefficient (Wildman–Crippen LogP) is 3.66. The molecule has 28 heavy (non-hydrogen) atoms. The number of hydrogen-bond donors (Lipinski definition) is 1. The lowest BCUT2D eigenvalue weighted by Crippen LogP contribution is -2.22. The largest absolute Gasteiger partial charge is 0.496 e. The van der Waals surface area contributed by atoms with Crippen LogP contribution in [0.5, 0.6) is 5.75 Å². The first kappa shape index (κ1) is 17.9. The molecule has 2 heterocycles. The molecule has 1 saturated carbocycles. The summed E-state index contributed by atoms with van der Waals surface area (Å²) >= 11 is 0. The van der Waals surface area contributed by atoms with Crippen molar-refractivity contribution in [3.8, 4) is 11.8 Å². The average molecular weight is 378 g/mol. The van der Waals surface area contributed by atoms with Gasteiger partial charge in [-0.2, -0.15) is 5.26 Å². The zero-order chi connectivity index (χ0) is 19.8. The molecule has 2 N–H and O–H groups in total. The van der Waals surface area contributed by atoms with Gasteiger partial charge in [-0.25, -0.2) is 19.3 Å². The number of anilines is 3. The number of aromatic nitrogens is 3. The normalized spacial score (nSPS) is 13.4. The molecule has 0 radical (unpaired) electrons. The second kappa shape index (κ2) is 6.93. The molecule has 1 fully saturated rings. The summed E-state index contributed by atoms with van der Waals surface area (Å²) in [7, 11) is 1.58. The number of nitrogens with zero attached hydrogens (tertiary/aromatic N) is 5. The lowest BCUT2D eigenvalue weighted by molar-refractivity contribution is 0.414. The van der Waals surface area contributed by atoms with E-state index in [1.54, 1.807) is 13.2 Å². The Kier molecular flexibility index (Phi) is 4.43. The van der Waals surface area contributed by atoms with Crippen LogP contribution in [0.1, 0.15) is 36.8 Å². The predicted molar refractivity (Wildman–Crippen MR) is 104 cm³/mol. The van der Waals surface area contributed by atoms with Gasteiger partial charge in [0.2, 0.25) is 0 Å². The van der Waals surface area contributed by atoms with E-state index in [-0.39, 0.29) is 23.1 Å². The number of pyridine rings is 1. The van der Waals surface area contributed by atoms with Crippen molar-refractivity contribution in [1.82, 2.24) is 15.0 Å². The van der Waals surface area contributed by atoms with E-state index in [0.29, 0.717) is 34.8 Å². The fourth-order valence-electron chi connectivity index (χ4n) is 3.48. The number of halogens is 1. The molecule has 0 amide bonds. The van der Waals surface area contributed by atoms with Crippen LogP contribution in [0.25, 0.3) is 10.9 Å². The van der Waals surface area contributed by atoms with Crippen molar-refractivity contribution in [3.05, 3.63) is 41.5 Å². The fourth-order valence-corrected chi connectivity index (χ4v) is 3.48. The number of nitriles is 1.